The Balaban J connectivity index is 0.00000289. The van der Waals surface area contributed by atoms with Gasteiger partial charge in [0.1, 0.15) is 24.0 Å². The fourth-order valence-corrected chi connectivity index (χ4v) is 4.81. The molecule has 5 nitrogen and oxygen atoms in total. The standard InChI is InChI=1S/C28H28FN3O2.ClH/c1-19-6-5-7-20(2)27(19)34-15-14-32-25-9-4-3-8-24(25)30-28(32)22-16-26(33)31(18-22)17-21-10-12-23(29)13-11-21;/h3-13,22H,14-18H2,1-2H3;1H. The Hall–Kier alpha value is -3.38. The number of rotatable bonds is 7. The highest BCUT2D eigenvalue weighted by molar-refractivity contribution is 5.85. The summed E-state index contributed by atoms with van der Waals surface area (Å²) in [6.45, 7) is 6.34. The molecule has 0 aliphatic carbocycles. The van der Waals surface area contributed by atoms with Gasteiger partial charge in [-0.3, -0.25) is 4.79 Å². The van der Waals surface area contributed by atoms with Crippen LogP contribution in [0.4, 0.5) is 4.39 Å². The van der Waals surface area contributed by atoms with Crippen molar-refractivity contribution >= 4 is 29.3 Å². The summed E-state index contributed by atoms with van der Waals surface area (Å²) < 4.78 is 21.6. The molecule has 0 bridgehead atoms. The van der Waals surface area contributed by atoms with Crippen molar-refractivity contribution in [3.05, 3.63) is 95.1 Å². The number of hydrogen-bond donors (Lipinski definition) is 0. The number of benzene rings is 3. The minimum Gasteiger partial charge on any atom is -0.491 e. The molecule has 1 aliphatic heterocycles. The molecule has 4 aromatic rings. The van der Waals surface area contributed by atoms with E-state index in [4.69, 9.17) is 9.72 Å². The average molecular weight is 494 g/mol. The predicted octanol–water partition coefficient (Wildman–Crippen LogP) is 5.81. The molecule has 0 radical (unpaired) electrons. The molecule has 0 N–H and O–H groups in total. The quantitative estimate of drug-likeness (QED) is 0.326. The maximum Gasteiger partial charge on any atom is 0.223 e. The lowest BCUT2D eigenvalue weighted by Gasteiger charge is -2.18. The van der Waals surface area contributed by atoms with Gasteiger partial charge in [-0.15, -0.1) is 12.4 Å². The summed E-state index contributed by atoms with van der Waals surface area (Å²) in [5, 5.41) is 0. The van der Waals surface area contributed by atoms with E-state index in [0.29, 0.717) is 32.7 Å². The van der Waals surface area contributed by atoms with E-state index in [2.05, 4.69) is 36.6 Å². The molecule has 1 amide bonds. The second kappa shape index (κ2) is 10.5. The van der Waals surface area contributed by atoms with Crippen molar-refractivity contribution < 1.29 is 13.9 Å². The van der Waals surface area contributed by atoms with Gasteiger partial charge < -0.3 is 14.2 Å². The molecule has 0 spiro atoms. The topological polar surface area (TPSA) is 47.4 Å². The number of aromatic nitrogens is 2. The van der Waals surface area contributed by atoms with Gasteiger partial charge in [0, 0.05) is 25.4 Å². The monoisotopic (exact) mass is 493 g/mol. The van der Waals surface area contributed by atoms with Crippen molar-refractivity contribution in [3.63, 3.8) is 0 Å². The number of aryl methyl sites for hydroxylation is 2. The Morgan fingerprint density at radius 2 is 1.71 bits per heavy atom. The largest absolute Gasteiger partial charge is 0.491 e. The number of hydrogen-bond acceptors (Lipinski definition) is 3. The normalized spacial score (nSPS) is 15.5. The summed E-state index contributed by atoms with van der Waals surface area (Å²) in [6.07, 6.45) is 0.419. The van der Waals surface area contributed by atoms with Gasteiger partial charge in [-0.05, 0) is 54.8 Å². The summed E-state index contributed by atoms with van der Waals surface area (Å²) >= 11 is 0. The number of likely N-dealkylation sites (tertiary alicyclic amines) is 1. The fraction of sp³-hybridized carbons (Fsp3) is 0.286. The lowest BCUT2D eigenvalue weighted by molar-refractivity contribution is -0.128. The van der Waals surface area contributed by atoms with Crippen molar-refractivity contribution in [2.24, 2.45) is 0 Å². The number of nitrogens with zero attached hydrogens (tertiary/aromatic N) is 3. The molecule has 2 heterocycles. The number of amides is 1. The molecule has 0 saturated carbocycles. The highest BCUT2D eigenvalue weighted by atomic mass is 35.5. The van der Waals surface area contributed by atoms with Crippen LogP contribution in [0.1, 0.15) is 34.9 Å². The number of halogens is 2. The van der Waals surface area contributed by atoms with E-state index in [1.807, 2.05) is 29.2 Å². The Kier molecular flexibility index (Phi) is 7.41. The minimum absolute atomic E-state index is 0. The molecule has 1 unspecified atom stereocenters. The lowest BCUT2D eigenvalue weighted by Crippen LogP contribution is -2.24. The molecule has 1 saturated heterocycles. The first-order valence-corrected chi connectivity index (χ1v) is 11.7. The SMILES string of the molecule is Cc1cccc(C)c1OCCn1c(C2CC(=O)N(Cc3ccc(F)cc3)C2)nc2ccccc21.Cl. The lowest BCUT2D eigenvalue weighted by atomic mass is 10.1. The Labute approximate surface area is 210 Å². The summed E-state index contributed by atoms with van der Waals surface area (Å²) in [7, 11) is 0. The van der Waals surface area contributed by atoms with E-state index >= 15 is 0 Å². The van der Waals surface area contributed by atoms with Crippen LogP contribution in [0.3, 0.4) is 0 Å². The summed E-state index contributed by atoms with van der Waals surface area (Å²) in [4.78, 5) is 19.6. The van der Waals surface area contributed by atoms with Crippen molar-refractivity contribution in [1.82, 2.24) is 14.5 Å². The van der Waals surface area contributed by atoms with Crippen LogP contribution in [-0.4, -0.2) is 33.5 Å². The number of fused-ring (bicyclic) bond motifs is 1. The van der Waals surface area contributed by atoms with E-state index in [9.17, 15) is 9.18 Å². The molecule has 1 aromatic heterocycles. The molecule has 182 valence electrons. The molecule has 3 aromatic carbocycles. The van der Waals surface area contributed by atoms with E-state index in [-0.39, 0.29) is 30.0 Å². The number of ether oxygens (including phenoxy) is 1. The minimum atomic E-state index is -0.272. The number of carbonyl (C=O) groups is 1. The first-order chi connectivity index (χ1) is 16.5. The third kappa shape index (κ3) is 5.17. The van der Waals surface area contributed by atoms with Crippen LogP contribution in [-0.2, 0) is 17.9 Å². The zero-order chi connectivity index (χ0) is 23.7. The first-order valence-electron chi connectivity index (χ1n) is 11.7. The van der Waals surface area contributed by atoms with E-state index < -0.39 is 0 Å². The molecule has 35 heavy (non-hydrogen) atoms. The van der Waals surface area contributed by atoms with Gasteiger partial charge in [0.25, 0.3) is 0 Å². The Morgan fingerprint density at radius 1 is 1.00 bits per heavy atom. The molecule has 1 fully saturated rings. The second-order valence-electron chi connectivity index (χ2n) is 8.98. The molecule has 1 atom stereocenters. The Bertz CT molecular complexity index is 1320. The van der Waals surface area contributed by atoms with Crippen LogP contribution in [0.2, 0.25) is 0 Å². The third-order valence-corrected chi connectivity index (χ3v) is 6.52. The third-order valence-electron chi connectivity index (χ3n) is 6.52. The van der Waals surface area contributed by atoms with Gasteiger partial charge in [0.15, 0.2) is 0 Å². The van der Waals surface area contributed by atoms with Crippen molar-refractivity contribution in [2.45, 2.75) is 39.3 Å². The maximum absolute atomic E-state index is 13.3. The number of para-hydroxylation sites is 3. The molecule has 1 aliphatic rings. The smallest absolute Gasteiger partial charge is 0.223 e. The van der Waals surface area contributed by atoms with Gasteiger partial charge >= 0.3 is 0 Å². The molecular weight excluding hydrogens is 465 g/mol. The number of carbonyl (C=O) groups excluding carboxylic acids is 1. The zero-order valence-corrected chi connectivity index (χ0v) is 20.7. The highest BCUT2D eigenvalue weighted by Crippen LogP contribution is 2.31. The van der Waals surface area contributed by atoms with E-state index in [0.717, 1.165) is 39.3 Å². The van der Waals surface area contributed by atoms with Crippen LogP contribution in [0.25, 0.3) is 11.0 Å². The van der Waals surface area contributed by atoms with Crippen molar-refractivity contribution in [2.75, 3.05) is 13.2 Å². The van der Waals surface area contributed by atoms with Gasteiger partial charge in [-0.1, -0.05) is 42.5 Å². The van der Waals surface area contributed by atoms with Gasteiger partial charge in [0.2, 0.25) is 5.91 Å². The second-order valence-corrected chi connectivity index (χ2v) is 8.98. The van der Waals surface area contributed by atoms with Gasteiger partial charge in [-0.2, -0.15) is 0 Å². The molecule has 5 rings (SSSR count). The van der Waals surface area contributed by atoms with Crippen LogP contribution in [0, 0.1) is 19.7 Å². The maximum atomic E-state index is 13.3. The number of imidazole rings is 1. The Morgan fingerprint density at radius 3 is 2.46 bits per heavy atom. The fourth-order valence-electron chi connectivity index (χ4n) is 4.81. The van der Waals surface area contributed by atoms with Crippen LogP contribution >= 0.6 is 12.4 Å². The summed E-state index contributed by atoms with van der Waals surface area (Å²) in [5.74, 6) is 1.67. The van der Waals surface area contributed by atoms with Crippen LogP contribution in [0.15, 0.2) is 66.7 Å². The van der Waals surface area contributed by atoms with E-state index in [1.165, 1.54) is 12.1 Å². The summed E-state index contributed by atoms with van der Waals surface area (Å²) in [5.41, 5.74) is 5.13. The van der Waals surface area contributed by atoms with Gasteiger partial charge in [0.05, 0.1) is 17.6 Å². The summed E-state index contributed by atoms with van der Waals surface area (Å²) in [6, 6.07) is 20.5. The van der Waals surface area contributed by atoms with Crippen molar-refractivity contribution in [3.8, 4) is 5.75 Å². The molecule has 7 heteroatoms. The first kappa shape index (κ1) is 24.7. The van der Waals surface area contributed by atoms with E-state index in [1.54, 1.807) is 12.1 Å². The van der Waals surface area contributed by atoms with Crippen LogP contribution in [0.5, 0.6) is 5.75 Å². The average Bonchev–Trinajstić information content (AvgIpc) is 3.37. The highest BCUT2D eigenvalue weighted by Gasteiger charge is 2.34. The predicted molar refractivity (Wildman–Crippen MR) is 138 cm³/mol. The molecular formula is C28H29ClFN3O2. The van der Waals surface area contributed by atoms with Crippen LogP contribution < -0.4 is 4.74 Å². The van der Waals surface area contributed by atoms with Crippen molar-refractivity contribution in [1.29, 1.82) is 0 Å². The zero-order valence-electron chi connectivity index (χ0n) is 19.9. The van der Waals surface area contributed by atoms with Gasteiger partial charge in [-0.25, -0.2) is 9.37 Å².